The van der Waals surface area contributed by atoms with Gasteiger partial charge in [0.2, 0.25) is 5.82 Å². The van der Waals surface area contributed by atoms with Gasteiger partial charge in [0.15, 0.2) is 5.76 Å². The molecule has 3 aromatic carbocycles. The van der Waals surface area contributed by atoms with Crippen LogP contribution in [-0.4, -0.2) is 39.8 Å². The zero-order valence-electron chi connectivity index (χ0n) is 23.8. The molecule has 5 aromatic rings. The molecule has 0 aliphatic carbocycles. The number of ether oxygens (including phenoxy) is 1. The van der Waals surface area contributed by atoms with Crippen LogP contribution < -0.4 is 10.1 Å². The van der Waals surface area contributed by atoms with Gasteiger partial charge in [-0.25, -0.2) is 9.18 Å². The molecule has 1 atom stereocenters. The fraction of sp³-hybridized carbons (Fsp3) is 0.188. The minimum Gasteiger partial charge on any atom is -0.493 e. The highest BCUT2D eigenvalue weighted by molar-refractivity contribution is 5.94. The van der Waals surface area contributed by atoms with E-state index in [1.54, 1.807) is 13.0 Å². The number of furan rings is 1. The van der Waals surface area contributed by atoms with Crippen molar-refractivity contribution in [2.45, 2.75) is 32.5 Å². The minimum atomic E-state index is -4.71. The van der Waals surface area contributed by atoms with Crippen molar-refractivity contribution in [1.29, 1.82) is 0 Å². The second-order valence-corrected chi connectivity index (χ2v) is 9.98. The number of aromatic nitrogens is 2. The van der Waals surface area contributed by atoms with E-state index in [9.17, 15) is 27.9 Å². The highest BCUT2D eigenvalue weighted by atomic mass is 19.4. The molecule has 1 amide bonds. The molecule has 13 heteroatoms. The lowest BCUT2D eigenvalue weighted by atomic mass is 10.0. The lowest BCUT2D eigenvalue weighted by molar-refractivity contribution is -0.140. The number of carbonyl (C=O) groups excluding carboxylic acids is 1. The smallest absolute Gasteiger partial charge is 0.419 e. The molecule has 0 saturated heterocycles. The van der Waals surface area contributed by atoms with Gasteiger partial charge in [-0.15, -0.1) is 0 Å². The van der Waals surface area contributed by atoms with E-state index < -0.39 is 35.5 Å². The summed E-state index contributed by atoms with van der Waals surface area (Å²) in [5, 5.41) is 15.8. The van der Waals surface area contributed by atoms with E-state index in [1.165, 1.54) is 24.3 Å². The Kier molecular flexibility index (Phi) is 8.70. The predicted octanol–water partition coefficient (Wildman–Crippen LogP) is 6.95. The normalized spacial score (nSPS) is 12.1. The maximum atomic E-state index is 15.1. The average molecular weight is 624 g/mol. The number of alkyl halides is 3. The van der Waals surface area contributed by atoms with E-state index in [2.05, 4.69) is 15.5 Å². The molecule has 0 aliphatic heterocycles. The van der Waals surface area contributed by atoms with E-state index in [-0.39, 0.29) is 52.9 Å². The van der Waals surface area contributed by atoms with Gasteiger partial charge in [-0.3, -0.25) is 4.79 Å². The first kappa shape index (κ1) is 31.0. The van der Waals surface area contributed by atoms with Crippen LogP contribution in [-0.2, 0) is 17.4 Å². The number of carbonyl (C=O) groups is 2. The van der Waals surface area contributed by atoms with E-state index in [0.29, 0.717) is 5.76 Å². The van der Waals surface area contributed by atoms with Gasteiger partial charge in [0.05, 0.1) is 17.7 Å². The fourth-order valence-corrected chi connectivity index (χ4v) is 4.48. The molecule has 9 nitrogen and oxygen atoms in total. The third kappa shape index (κ3) is 7.03. The third-order valence-electron chi connectivity index (χ3n) is 6.74. The Labute approximate surface area is 253 Å². The standard InChI is InChI=1S/C32H25F4N3O6/c1-3-43-26-11-9-20(16-22(26)32(34,35)36)30-38-28(39-45-30)21-10-6-18(14-23(21)33)15-24(31(41)42)37-29(40)27-13-12-25(44-27)19-7-4-17(2)5-8-19/h4-14,16,24H,3,15H2,1-2H3,(H,37,40)(H,41,42). The molecule has 232 valence electrons. The van der Waals surface area contributed by atoms with Crippen molar-refractivity contribution in [3.05, 3.63) is 101 Å². The molecule has 2 heterocycles. The summed E-state index contributed by atoms with van der Waals surface area (Å²) >= 11 is 0. The zero-order chi connectivity index (χ0) is 32.3. The number of nitrogens with zero attached hydrogens (tertiary/aromatic N) is 2. The lowest BCUT2D eigenvalue weighted by Crippen LogP contribution is -2.42. The van der Waals surface area contributed by atoms with Crippen LogP contribution in [0.2, 0.25) is 0 Å². The summed E-state index contributed by atoms with van der Waals surface area (Å²) in [6.45, 7) is 3.51. The fourth-order valence-electron chi connectivity index (χ4n) is 4.48. The molecule has 0 spiro atoms. The molecular formula is C32H25F4N3O6. The third-order valence-corrected chi connectivity index (χ3v) is 6.74. The maximum absolute atomic E-state index is 15.1. The van der Waals surface area contributed by atoms with Gasteiger partial charge in [-0.05, 0) is 61.9 Å². The summed E-state index contributed by atoms with van der Waals surface area (Å²) in [5.74, 6) is -3.50. The summed E-state index contributed by atoms with van der Waals surface area (Å²) in [7, 11) is 0. The number of aryl methyl sites for hydroxylation is 1. The van der Waals surface area contributed by atoms with Crippen molar-refractivity contribution in [1.82, 2.24) is 15.5 Å². The van der Waals surface area contributed by atoms with Crippen molar-refractivity contribution in [3.8, 4) is 39.9 Å². The Bertz CT molecular complexity index is 1850. The highest BCUT2D eigenvalue weighted by Crippen LogP contribution is 2.39. The maximum Gasteiger partial charge on any atom is 0.419 e. The molecule has 45 heavy (non-hydrogen) atoms. The Morgan fingerprint density at radius 1 is 1.00 bits per heavy atom. The number of rotatable bonds is 10. The van der Waals surface area contributed by atoms with Gasteiger partial charge >= 0.3 is 12.1 Å². The van der Waals surface area contributed by atoms with Crippen LogP contribution in [0.3, 0.4) is 0 Å². The monoisotopic (exact) mass is 623 g/mol. The van der Waals surface area contributed by atoms with Crippen LogP contribution in [0.1, 0.15) is 34.2 Å². The van der Waals surface area contributed by atoms with E-state index in [0.717, 1.165) is 29.3 Å². The van der Waals surface area contributed by atoms with Crippen LogP contribution in [0.4, 0.5) is 17.6 Å². The van der Waals surface area contributed by atoms with Crippen molar-refractivity contribution >= 4 is 11.9 Å². The SMILES string of the molecule is CCOc1ccc(-c2nc(-c3ccc(CC(NC(=O)c4ccc(-c5ccc(C)cc5)o4)C(=O)O)cc3F)no2)cc1C(F)(F)F. The summed E-state index contributed by atoms with van der Waals surface area (Å²) in [6.07, 6.45) is -4.98. The van der Waals surface area contributed by atoms with E-state index in [1.807, 2.05) is 31.2 Å². The lowest BCUT2D eigenvalue weighted by Gasteiger charge is -2.14. The molecule has 2 aromatic heterocycles. The number of amides is 1. The number of hydrogen-bond acceptors (Lipinski definition) is 7. The van der Waals surface area contributed by atoms with Crippen LogP contribution in [0.5, 0.6) is 5.75 Å². The van der Waals surface area contributed by atoms with Gasteiger partial charge in [-0.2, -0.15) is 18.2 Å². The molecule has 0 bridgehead atoms. The average Bonchev–Trinajstić information content (AvgIpc) is 3.68. The Morgan fingerprint density at radius 3 is 2.40 bits per heavy atom. The molecule has 0 saturated carbocycles. The molecule has 0 fully saturated rings. The van der Waals surface area contributed by atoms with Crippen molar-refractivity contribution in [2.75, 3.05) is 6.61 Å². The summed E-state index contributed by atoms with van der Waals surface area (Å²) < 4.78 is 71.5. The van der Waals surface area contributed by atoms with Gasteiger partial charge in [0.25, 0.3) is 11.8 Å². The minimum absolute atomic E-state index is 0.0291. The topological polar surface area (TPSA) is 128 Å². The van der Waals surface area contributed by atoms with Crippen molar-refractivity contribution < 1.29 is 45.9 Å². The second-order valence-electron chi connectivity index (χ2n) is 9.98. The quantitative estimate of drug-likeness (QED) is 0.160. The number of carboxylic acids is 1. The summed E-state index contributed by atoms with van der Waals surface area (Å²) in [4.78, 5) is 28.7. The molecular weight excluding hydrogens is 598 g/mol. The van der Waals surface area contributed by atoms with Crippen molar-refractivity contribution in [2.24, 2.45) is 0 Å². The van der Waals surface area contributed by atoms with E-state index >= 15 is 4.39 Å². The summed E-state index contributed by atoms with van der Waals surface area (Å²) in [6, 6.07) is 16.0. The predicted molar refractivity (Wildman–Crippen MR) is 153 cm³/mol. The second kappa shape index (κ2) is 12.6. The Hall–Kier alpha value is -5.46. The van der Waals surface area contributed by atoms with Crippen LogP contribution in [0.15, 0.2) is 81.7 Å². The van der Waals surface area contributed by atoms with Gasteiger partial charge < -0.3 is 24.1 Å². The first-order valence-corrected chi connectivity index (χ1v) is 13.6. The summed E-state index contributed by atoms with van der Waals surface area (Å²) in [5.41, 5.74) is 0.801. The molecule has 2 N–H and O–H groups in total. The van der Waals surface area contributed by atoms with Gasteiger partial charge in [0.1, 0.15) is 23.4 Å². The molecule has 0 radical (unpaired) electrons. The first-order valence-electron chi connectivity index (χ1n) is 13.6. The van der Waals surface area contributed by atoms with Crippen LogP contribution in [0, 0.1) is 12.7 Å². The number of hydrogen-bond donors (Lipinski definition) is 2. The van der Waals surface area contributed by atoms with Gasteiger partial charge in [-0.1, -0.05) is 41.1 Å². The zero-order valence-corrected chi connectivity index (χ0v) is 23.8. The highest BCUT2D eigenvalue weighted by Gasteiger charge is 2.35. The number of carboxylic acid groups (broad SMARTS) is 1. The van der Waals surface area contributed by atoms with Crippen LogP contribution >= 0.6 is 0 Å². The largest absolute Gasteiger partial charge is 0.493 e. The van der Waals surface area contributed by atoms with Gasteiger partial charge in [0, 0.05) is 17.5 Å². The Morgan fingerprint density at radius 2 is 1.73 bits per heavy atom. The first-order chi connectivity index (χ1) is 21.4. The number of aliphatic carboxylic acids is 1. The Balaban J connectivity index is 1.30. The number of benzene rings is 3. The number of nitrogens with one attached hydrogen (secondary N) is 1. The number of halogens is 4. The molecule has 5 rings (SSSR count). The van der Waals surface area contributed by atoms with Crippen molar-refractivity contribution in [3.63, 3.8) is 0 Å². The molecule has 1 unspecified atom stereocenters. The van der Waals surface area contributed by atoms with E-state index in [4.69, 9.17) is 13.7 Å². The molecule has 0 aliphatic rings. The van der Waals surface area contributed by atoms with Crippen LogP contribution in [0.25, 0.3) is 34.2 Å².